The first-order valence-corrected chi connectivity index (χ1v) is 8.47. The van der Waals surface area contributed by atoms with Gasteiger partial charge in [0.25, 0.3) is 0 Å². The average Bonchev–Trinajstić information content (AvgIpc) is 3.07. The molecule has 0 radical (unpaired) electrons. The van der Waals surface area contributed by atoms with E-state index in [1.54, 1.807) is 16.6 Å². The van der Waals surface area contributed by atoms with Crippen LogP contribution in [0.2, 0.25) is 0 Å². The number of carbonyl (C=O) groups excluding carboxylic acids is 2. The highest BCUT2D eigenvalue weighted by molar-refractivity contribution is 5.86. The SMILES string of the molecule is CC.CCC(C(=O)OC(C)(C)C)N1CC(c2nnnn2C)CC1=O. The summed E-state index contributed by atoms with van der Waals surface area (Å²) < 4.78 is 6.99. The summed E-state index contributed by atoms with van der Waals surface area (Å²) in [5.74, 6) is 0.143. The molecule has 1 saturated heterocycles. The maximum absolute atomic E-state index is 12.3. The van der Waals surface area contributed by atoms with Crippen LogP contribution in [-0.2, 0) is 21.4 Å². The van der Waals surface area contributed by atoms with Gasteiger partial charge in [-0.1, -0.05) is 20.8 Å². The minimum atomic E-state index is -0.569. The number of likely N-dealkylation sites (tertiary alicyclic amines) is 1. The first-order valence-electron chi connectivity index (χ1n) is 8.47. The second-order valence-corrected chi connectivity index (χ2v) is 6.57. The molecule has 1 amide bonds. The molecule has 2 unspecified atom stereocenters. The number of hydrogen-bond acceptors (Lipinski definition) is 6. The van der Waals surface area contributed by atoms with Gasteiger partial charge >= 0.3 is 5.97 Å². The summed E-state index contributed by atoms with van der Waals surface area (Å²) in [6.45, 7) is 11.8. The minimum absolute atomic E-state index is 0.0642. The van der Waals surface area contributed by atoms with Gasteiger partial charge in [-0.2, -0.15) is 0 Å². The van der Waals surface area contributed by atoms with Crippen LogP contribution in [-0.4, -0.2) is 55.2 Å². The van der Waals surface area contributed by atoms with E-state index in [0.717, 1.165) is 0 Å². The van der Waals surface area contributed by atoms with Crippen molar-refractivity contribution in [3.63, 3.8) is 0 Å². The number of amides is 1. The standard InChI is InChI=1S/C14H23N5O3.C2H6/c1-6-10(13(21)22-14(2,3)4)19-8-9(7-11(19)20)12-15-16-17-18(12)5;1-2/h9-10H,6-8H2,1-5H3;1-2H3. The molecule has 0 N–H and O–H groups in total. The van der Waals surface area contributed by atoms with Crippen molar-refractivity contribution in [2.24, 2.45) is 7.05 Å². The summed E-state index contributed by atoms with van der Waals surface area (Å²) in [4.78, 5) is 26.2. The Morgan fingerprint density at radius 1 is 1.38 bits per heavy atom. The molecule has 1 aliphatic heterocycles. The normalized spacial score (nSPS) is 18.9. The van der Waals surface area contributed by atoms with Crippen LogP contribution in [0.1, 0.15) is 66.1 Å². The van der Waals surface area contributed by atoms with Gasteiger partial charge in [0.15, 0.2) is 5.82 Å². The molecular weight excluding hydrogens is 310 g/mol. The third-order valence-electron chi connectivity index (χ3n) is 3.62. The van der Waals surface area contributed by atoms with Crippen LogP contribution in [0, 0.1) is 0 Å². The third-order valence-corrected chi connectivity index (χ3v) is 3.62. The molecule has 2 heterocycles. The number of aryl methyl sites for hydroxylation is 1. The quantitative estimate of drug-likeness (QED) is 0.775. The van der Waals surface area contributed by atoms with Crippen LogP contribution in [0.15, 0.2) is 0 Å². The van der Waals surface area contributed by atoms with E-state index in [2.05, 4.69) is 15.5 Å². The van der Waals surface area contributed by atoms with Gasteiger partial charge in [-0.05, 0) is 37.6 Å². The number of carbonyl (C=O) groups is 2. The molecule has 1 aromatic heterocycles. The summed E-state index contributed by atoms with van der Waals surface area (Å²) in [7, 11) is 1.74. The van der Waals surface area contributed by atoms with Crippen LogP contribution >= 0.6 is 0 Å². The fourth-order valence-corrected chi connectivity index (χ4v) is 2.67. The molecular formula is C16H29N5O3. The Morgan fingerprint density at radius 2 is 2.00 bits per heavy atom. The van der Waals surface area contributed by atoms with Gasteiger partial charge in [0, 0.05) is 25.9 Å². The van der Waals surface area contributed by atoms with Crippen molar-refractivity contribution in [1.82, 2.24) is 25.1 Å². The van der Waals surface area contributed by atoms with Crippen molar-refractivity contribution in [2.45, 2.75) is 71.9 Å². The Kier molecular flexibility index (Phi) is 6.86. The fraction of sp³-hybridized carbons (Fsp3) is 0.812. The molecule has 2 rings (SSSR count). The molecule has 136 valence electrons. The predicted octanol–water partition coefficient (Wildman–Crippen LogP) is 1.67. The van der Waals surface area contributed by atoms with Gasteiger partial charge in [-0.15, -0.1) is 5.10 Å². The molecule has 8 heteroatoms. The second kappa shape index (κ2) is 8.21. The van der Waals surface area contributed by atoms with Crippen LogP contribution < -0.4 is 0 Å². The Morgan fingerprint density at radius 3 is 2.46 bits per heavy atom. The first kappa shape index (κ1) is 20.1. The highest BCUT2D eigenvalue weighted by Crippen LogP contribution is 2.29. The zero-order valence-electron chi connectivity index (χ0n) is 15.7. The molecule has 1 aliphatic rings. The van der Waals surface area contributed by atoms with Crippen molar-refractivity contribution in [3.05, 3.63) is 5.82 Å². The minimum Gasteiger partial charge on any atom is -0.458 e. The number of nitrogens with zero attached hydrogens (tertiary/aromatic N) is 5. The van der Waals surface area contributed by atoms with Crippen molar-refractivity contribution >= 4 is 11.9 Å². The van der Waals surface area contributed by atoms with Gasteiger partial charge in [0.1, 0.15) is 11.6 Å². The summed E-state index contributed by atoms with van der Waals surface area (Å²) in [6.07, 6.45) is 0.831. The highest BCUT2D eigenvalue weighted by Gasteiger charge is 2.40. The lowest BCUT2D eigenvalue weighted by Gasteiger charge is -2.29. The van der Waals surface area contributed by atoms with Gasteiger partial charge in [0.2, 0.25) is 5.91 Å². The van der Waals surface area contributed by atoms with Crippen LogP contribution in [0.3, 0.4) is 0 Å². The molecule has 8 nitrogen and oxygen atoms in total. The molecule has 0 saturated carbocycles. The smallest absolute Gasteiger partial charge is 0.329 e. The number of ether oxygens (including phenoxy) is 1. The van der Waals surface area contributed by atoms with Crippen LogP contribution in [0.5, 0.6) is 0 Å². The largest absolute Gasteiger partial charge is 0.458 e. The lowest BCUT2D eigenvalue weighted by Crippen LogP contribution is -2.44. The molecule has 0 spiro atoms. The van der Waals surface area contributed by atoms with Crippen molar-refractivity contribution in [3.8, 4) is 0 Å². The monoisotopic (exact) mass is 339 g/mol. The van der Waals surface area contributed by atoms with E-state index in [1.165, 1.54) is 0 Å². The summed E-state index contributed by atoms with van der Waals surface area (Å²) in [5, 5.41) is 11.4. The molecule has 1 aromatic rings. The number of tetrazole rings is 1. The van der Waals surface area contributed by atoms with Crippen LogP contribution in [0.25, 0.3) is 0 Å². The van der Waals surface area contributed by atoms with E-state index in [-0.39, 0.29) is 17.8 Å². The summed E-state index contributed by atoms with van der Waals surface area (Å²) >= 11 is 0. The number of esters is 1. The lowest BCUT2D eigenvalue weighted by atomic mass is 10.1. The molecule has 0 bridgehead atoms. The van der Waals surface area contributed by atoms with E-state index in [4.69, 9.17) is 4.74 Å². The van der Waals surface area contributed by atoms with Crippen LogP contribution in [0.4, 0.5) is 0 Å². The van der Waals surface area contributed by atoms with E-state index in [9.17, 15) is 9.59 Å². The molecule has 0 aromatic carbocycles. The van der Waals surface area contributed by atoms with E-state index in [1.807, 2.05) is 41.5 Å². The third kappa shape index (κ3) is 4.75. The number of hydrogen-bond donors (Lipinski definition) is 0. The summed E-state index contributed by atoms with van der Waals surface area (Å²) in [6, 6.07) is -0.557. The Labute approximate surface area is 143 Å². The summed E-state index contributed by atoms with van der Waals surface area (Å²) in [5.41, 5.74) is -0.569. The zero-order chi connectivity index (χ0) is 18.5. The van der Waals surface area contributed by atoms with E-state index >= 15 is 0 Å². The highest BCUT2D eigenvalue weighted by atomic mass is 16.6. The van der Waals surface area contributed by atoms with E-state index in [0.29, 0.717) is 25.2 Å². The topological polar surface area (TPSA) is 90.2 Å². The van der Waals surface area contributed by atoms with Crippen molar-refractivity contribution in [1.29, 1.82) is 0 Å². The maximum atomic E-state index is 12.3. The first-order chi connectivity index (χ1) is 11.2. The zero-order valence-corrected chi connectivity index (χ0v) is 15.7. The fourth-order valence-electron chi connectivity index (χ4n) is 2.67. The molecule has 1 fully saturated rings. The molecule has 0 aliphatic carbocycles. The Hall–Kier alpha value is -1.99. The van der Waals surface area contributed by atoms with E-state index < -0.39 is 11.6 Å². The van der Waals surface area contributed by atoms with Gasteiger partial charge in [-0.3, -0.25) is 4.79 Å². The van der Waals surface area contributed by atoms with Crippen molar-refractivity contribution < 1.29 is 14.3 Å². The van der Waals surface area contributed by atoms with Crippen molar-refractivity contribution in [2.75, 3.05) is 6.54 Å². The number of aromatic nitrogens is 4. The lowest BCUT2D eigenvalue weighted by molar-refractivity contribution is -0.163. The Balaban J connectivity index is 0.00000139. The average molecular weight is 339 g/mol. The molecule has 24 heavy (non-hydrogen) atoms. The Bertz CT molecular complexity index is 564. The molecule has 2 atom stereocenters. The van der Waals surface area contributed by atoms with Gasteiger partial charge in [0.05, 0.1) is 0 Å². The van der Waals surface area contributed by atoms with Gasteiger partial charge in [-0.25, -0.2) is 9.48 Å². The number of rotatable bonds is 4. The van der Waals surface area contributed by atoms with Gasteiger partial charge < -0.3 is 9.64 Å². The predicted molar refractivity (Wildman–Crippen MR) is 89.1 cm³/mol. The second-order valence-electron chi connectivity index (χ2n) is 6.57. The maximum Gasteiger partial charge on any atom is 0.329 e.